The minimum atomic E-state index is -4.71. The highest BCUT2D eigenvalue weighted by molar-refractivity contribution is 5.95. The Bertz CT molecular complexity index is 548. The third kappa shape index (κ3) is 3.02. The van der Waals surface area contributed by atoms with Crippen molar-refractivity contribution in [2.24, 2.45) is 0 Å². The van der Waals surface area contributed by atoms with Gasteiger partial charge < -0.3 is 10.0 Å². The number of halogens is 4. The molecule has 0 spiro atoms. The van der Waals surface area contributed by atoms with Gasteiger partial charge in [-0.2, -0.15) is 13.2 Å². The summed E-state index contributed by atoms with van der Waals surface area (Å²) in [5, 5.41) is 9.55. The van der Waals surface area contributed by atoms with E-state index in [1.165, 1.54) is 17.0 Å². The SMILES string of the molecule is Cc1ccc(F)cc1C(=O)N1CCC(O)(C(F)(F)F)CC1. The third-order valence-electron chi connectivity index (χ3n) is 3.84. The zero-order valence-corrected chi connectivity index (χ0v) is 11.4. The van der Waals surface area contributed by atoms with Gasteiger partial charge >= 0.3 is 6.18 Å². The van der Waals surface area contributed by atoms with E-state index in [4.69, 9.17) is 0 Å². The molecule has 116 valence electrons. The Balaban J connectivity index is 2.12. The average Bonchev–Trinajstić information content (AvgIpc) is 2.40. The van der Waals surface area contributed by atoms with Gasteiger partial charge in [0.05, 0.1) is 0 Å². The van der Waals surface area contributed by atoms with E-state index in [1.54, 1.807) is 6.92 Å². The Morgan fingerprint density at radius 3 is 2.38 bits per heavy atom. The van der Waals surface area contributed by atoms with Gasteiger partial charge in [-0.3, -0.25) is 4.79 Å². The van der Waals surface area contributed by atoms with Gasteiger partial charge in [0.15, 0.2) is 5.60 Å². The van der Waals surface area contributed by atoms with Crippen LogP contribution >= 0.6 is 0 Å². The molecule has 7 heteroatoms. The lowest BCUT2D eigenvalue weighted by Crippen LogP contribution is -2.54. The molecule has 1 saturated heterocycles. The van der Waals surface area contributed by atoms with Gasteiger partial charge in [-0.1, -0.05) is 6.07 Å². The van der Waals surface area contributed by atoms with Crippen LogP contribution in [0.5, 0.6) is 0 Å². The molecule has 0 saturated carbocycles. The van der Waals surface area contributed by atoms with Gasteiger partial charge in [0.2, 0.25) is 0 Å². The largest absolute Gasteiger partial charge is 0.417 e. The fraction of sp³-hybridized carbons (Fsp3) is 0.500. The minimum absolute atomic E-state index is 0.132. The summed E-state index contributed by atoms with van der Waals surface area (Å²) in [7, 11) is 0. The molecule has 1 aliphatic rings. The lowest BCUT2D eigenvalue weighted by atomic mass is 9.90. The van der Waals surface area contributed by atoms with Gasteiger partial charge in [-0.15, -0.1) is 0 Å². The summed E-state index contributed by atoms with van der Waals surface area (Å²) in [5.41, 5.74) is -2.06. The molecule has 1 heterocycles. The van der Waals surface area contributed by atoms with E-state index < -0.39 is 36.3 Å². The summed E-state index contributed by atoms with van der Waals surface area (Å²) < 4.78 is 51.3. The second-order valence-corrected chi connectivity index (χ2v) is 5.28. The van der Waals surface area contributed by atoms with E-state index in [2.05, 4.69) is 0 Å². The topological polar surface area (TPSA) is 40.5 Å². The second-order valence-electron chi connectivity index (χ2n) is 5.28. The molecular formula is C14H15F4NO2. The van der Waals surface area contributed by atoms with Crippen LogP contribution < -0.4 is 0 Å². The van der Waals surface area contributed by atoms with Crippen molar-refractivity contribution in [3.8, 4) is 0 Å². The molecule has 1 aliphatic heterocycles. The third-order valence-corrected chi connectivity index (χ3v) is 3.84. The predicted molar refractivity (Wildman–Crippen MR) is 67.3 cm³/mol. The number of rotatable bonds is 1. The fourth-order valence-electron chi connectivity index (χ4n) is 2.36. The number of aliphatic hydroxyl groups is 1. The predicted octanol–water partition coefficient (Wildman–Crippen LogP) is 2.66. The maximum Gasteiger partial charge on any atom is 0.417 e. The fourth-order valence-corrected chi connectivity index (χ4v) is 2.36. The summed E-state index contributed by atoms with van der Waals surface area (Å²) in [6, 6.07) is 3.73. The summed E-state index contributed by atoms with van der Waals surface area (Å²) in [4.78, 5) is 13.4. The number of hydrogen-bond acceptors (Lipinski definition) is 2. The molecule has 1 fully saturated rings. The van der Waals surface area contributed by atoms with Crippen molar-refractivity contribution in [1.29, 1.82) is 0 Å². The first-order chi connectivity index (χ1) is 9.64. The molecule has 2 rings (SSSR count). The molecule has 0 radical (unpaired) electrons. The Labute approximate surface area is 119 Å². The molecule has 1 amide bonds. The standard InChI is InChI=1S/C14H15F4NO2/c1-9-2-3-10(15)8-11(9)12(20)19-6-4-13(21,5-7-19)14(16,17)18/h2-3,8,21H,4-7H2,1H3. The highest BCUT2D eigenvalue weighted by Crippen LogP contribution is 2.38. The van der Waals surface area contributed by atoms with Crippen molar-refractivity contribution < 1.29 is 27.5 Å². The quantitative estimate of drug-likeness (QED) is 0.810. The molecule has 1 aromatic carbocycles. The van der Waals surface area contributed by atoms with Crippen LogP contribution in [0.15, 0.2) is 18.2 Å². The number of benzene rings is 1. The Hall–Kier alpha value is -1.63. The number of carbonyl (C=O) groups is 1. The minimum Gasteiger partial charge on any atom is -0.380 e. The van der Waals surface area contributed by atoms with Crippen molar-refractivity contribution >= 4 is 5.91 Å². The normalized spacial score (nSPS) is 18.7. The van der Waals surface area contributed by atoms with Crippen LogP contribution in [0, 0.1) is 12.7 Å². The molecule has 0 aromatic heterocycles. The number of aryl methyl sites for hydroxylation is 1. The molecule has 1 N–H and O–H groups in total. The Morgan fingerprint density at radius 1 is 1.29 bits per heavy atom. The van der Waals surface area contributed by atoms with Crippen molar-refractivity contribution in [3.63, 3.8) is 0 Å². The number of alkyl halides is 3. The lowest BCUT2D eigenvalue weighted by molar-refractivity contribution is -0.271. The van der Waals surface area contributed by atoms with E-state index in [9.17, 15) is 27.5 Å². The number of piperidine rings is 1. The number of hydrogen-bond donors (Lipinski definition) is 1. The highest BCUT2D eigenvalue weighted by atomic mass is 19.4. The number of amides is 1. The van der Waals surface area contributed by atoms with Crippen LogP contribution in [-0.4, -0.2) is 40.8 Å². The summed E-state index contributed by atoms with van der Waals surface area (Å²) >= 11 is 0. The van der Waals surface area contributed by atoms with Crippen LogP contribution in [0.3, 0.4) is 0 Å². The van der Waals surface area contributed by atoms with Gasteiger partial charge in [0, 0.05) is 31.5 Å². The van der Waals surface area contributed by atoms with Crippen molar-refractivity contribution in [2.45, 2.75) is 31.5 Å². The van der Waals surface area contributed by atoms with E-state index >= 15 is 0 Å². The smallest absolute Gasteiger partial charge is 0.380 e. The zero-order valence-electron chi connectivity index (χ0n) is 11.4. The second kappa shape index (κ2) is 5.29. The first kappa shape index (κ1) is 15.8. The van der Waals surface area contributed by atoms with Crippen molar-refractivity contribution in [1.82, 2.24) is 4.90 Å². The van der Waals surface area contributed by atoms with Gasteiger partial charge in [-0.05, 0) is 24.6 Å². The van der Waals surface area contributed by atoms with Crippen LogP contribution in [0.2, 0.25) is 0 Å². The Morgan fingerprint density at radius 2 is 1.86 bits per heavy atom. The van der Waals surface area contributed by atoms with Crippen LogP contribution in [0.25, 0.3) is 0 Å². The van der Waals surface area contributed by atoms with Crippen molar-refractivity contribution in [2.75, 3.05) is 13.1 Å². The molecule has 0 unspecified atom stereocenters. The van der Waals surface area contributed by atoms with Crippen LogP contribution in [0.1, 0.15) is 28.8 Å². The molecule has 21 heavy (non-hydrogen) atoms. The Kier molecular flexibility index (Phi) is 3.97. The van der Waals surface area contributed by atoms with E-state index in [0.717, 1.165) is 6.07 Å². The molecule has 3 nitrogen and oxygen atoms in total. The van der Waals surface area contributed by atoms with E-state index in [-0.39, 0.29) is 18.7 Å². The first-order valence-electron chi connectivity index (χ1n) is 6.48. The first-order valence-corrected chi connectivity index (χ1v) is 6.48. The van der Waals surface area contributed by atoms with E-state index in [1.807, 2.05) is 0 Å². The molecule has 0 bridgehead atoms. The maximum absolute atomic E-state index is 13.2. The van der Waals surface area contributed by atoms with Gasteiger partial charge in [0.25, 0.3) is 5.91 Å². The molecule has 0 aliphatic carbocycles. The van der Waals surface area contributed by atoms with Crippen LogP contribution in [-0.2, 0) is 0 Å². The lowest BCUT2D eigenvalue weighted by Gasteiger charge is -2.39. The van der Waals surface area contributed by atoms with Gasteiger partial charge in [-0.25, -0.2) is 4.39 Å². The van der Waals surface area contributed by atoms with E-state index in [0.29, 0.717) is 5.56 Å². The number of nitrogens with zero attached hydrogens (tertiary/aromatic N) is 1. The monoisotopic (exact) mass is 305 g/mol. The zero-order chi connectivity index (χ0) is 15.8. The number of likely N-dealkylation sites (tertiary alicyclic amines) is 1. The number of carbonyl (C=O) groups excluding carboxylic acids is 1. The maximum atomic E-state index is 13.2. The molecule has 0 atom stereocenters. The summed E-state index contributed by atoms with van der Waals surface area (Å²) in [5.74, 6) is -1.09. The van der Waals surface area contributed by atoms with Crippen molar-refractivity contribution in [3.05, 3.63) is 35.1 Å². The molecular weight excluding hydrogens is 290 g/mol. The highest BCUT2D eigenvalue weighted by Gasteiger charge is 2.54. The summed E-state index contributed by atoms with van der Waals surface area (Å²) in [6.07, 6.45) is -5.86. The summed E-state index contributed by atoms with van der Waals surface area (Å²) in [6.45, 7) is 1.19. The average molecular weight is 305 g/mol. The molecule has 1 aromatic rings. The van der Waals surface area contributed by atoms with Gasteiger partial charge in [0.1, 0.15) is 5.82 Å². The van der Waals surface area contributed by atoms with Crippen LogP contribution in [0.4, 0.5) is 17.6 Å².